The summed E-state index contributed by atoms with van der Waals surface area (Å²) in [6.45, 7) is 0. The molecule has 1 aliphatic carbocycles. The third-order valence-corrected chi connectivity index (χ3v) is 3.97. The fraction of sp³-hybridized carbons (Fsp3) is 0.0625. The molecule has 0 saturated heterocycles. The van der Waals surface area contributed by atoms with E-state index in [1.807, 2.05) is 24.3 Å². The third-order valence-electron chi connectivity index (χ3n) is 3.47. The number of benzene rings is 2. The summed E-state index contributed by atoms with van der Waals surface area (Å²) in [6.07, 6.45) is 1.44. The van der Waals surface area contributed by atoms with Gasteiger partial charge in [0.1, 0.15) is 5.25 Å². The van der Waals surface area contributed by atoms with E-state index >= 15 is 0 Å². The third kappa shape index (κ3) is 2.15. The molecular weight excluding hydrogens is 288 g/mol. The van der Waals surface area contributed by atoms with Crippen molar-refractivity contribution >= 4 is 47.0 Å². The van der Waals surface area contributed by atoms with Gasteiger partial charge in [-0.1, -0.05) is 24.3 Å². The molecule has 104 valence electrons. The van der Waals surface area contributed by atoms with Crippen LogP contribution in [0.2, 0.25) is 0 Å². The molecule has 0 aromatic heterocycles. The quantitative estimate of drug-likeness (QED) is 0.659. The Bertz CT molecular complexity index is 835. The first-order valence-electron chi connectivity index (χ1n) is 6.23. The molecule has 2 aromatic rings. The van der Waals surface area contributed by atoms with E-state index in [1.54, 1.807) is 12.1 Å². The van der Waals surface area contributed by atoms with E-state index in [-0.39, 0.29) is 5.57 Å². The lowest BCUT2D eigenvalue weighted by Crippen LogP contribution is -2.29. The lowest BCUT2D eigenvalue weighted by atomic mass is 9.87. The Balaban J connectivity index is 2.25. The van der Waals surface area contributed by atoms with E-state index in [4.69, 9.17) is 5.11 Å². The fourth-order valence-electron chi connectivity index (χ4n) is 2.40. The van der Waals surface area contributed by atoms with Gasteiger partial charge >= 0.3 is 5.97 Å². The number of fused-ring (bicyclic) bond motifs is 2. The molecule has 0 amide bonds. The molecule has 0 fully saturated rings. The van der Waals surface area contributed by atoms with Crippen LogP contribution in [0.15, 0.2) is 42.0 Å². The summed E-state index contributed by atoms with van der Waals surface area (Å²) in [5.74, 6) is -2.75. The number of carboxylic acids is 1. The number of ketones is 2. The van der Waals surface area contributed by atoms with Crippen LogP contribution in [0.1, 0.15) is 15.9 Å². The first kappa shape index (κ1) is 13.6. The lowest BCUT2D eigenvalue weighted by Gasteiger charge is -2.17. The molecule has 4 nitrogen and oxygen atoms in total. The molecule has 0 spiro atoms. The molecule has 1 N–H and O–H groups in total. The molecule has 5 heteroatoms. The van der Waals surface area contributed by atoms with Crippen LogP contribution in [-0.2, 0) is 9.59 Å². The van der Waals surface area contributed by atoms with Crippen LogP contribution in [0, 0.1) is 0 Å². The van der Waals surface area contributed by atoms with Gasteiger partial charge in [0.2, 0.25) is 11.6 Å². The van der Waals surface area contributed by atoms with Gasteiger partial charge in [-0.2, -0.15) is 12.6 Å². The van der Waals surface area contributed by atoms with Gasteiger partial charge in [-0.15, -0.1) is 0 Å². The number of Topliss-reactive ketones (excluding diaryl/α,β-unsaturated/α-hetero) is 2. The number of carboxylic acid groups (broad SMARTS) is 1. The van der Waals surface area contributed by atoms with E-state index in [0.29, 0.717) is 11.1 Å². The van der Waals surface area contributed by atoms with Gasteiger partial charge in [0.25, 0.3) is 0 Å². The topological polar surface area (TPSA) is 71.4 Å². The molecule has 2 aromatic carbocycles. The predicted octanol–water partition coefficient (Wildman–Crippen LogP) is 2.37. The Labute approximate surface area is 125 Å². The Kier molecular flexibility index (Phi) is 3.14. The maximum atomic E-state index is 12.2. The van der Waals surface area contributed by atoms with Crippen LogP contribution in [0.25, 0.3) is 16.8 Å². The standard InChI is InChI=1S/C16H10O4S/c17-13-11-6-9-4-2-1-3-8(9)5-10(11)7-12(14(13)18)15(21)16(19)20/h1-7,15,21H,(H,19,20). The Morgan fingerprint density at radius 3 is 2.29 bits per heavy atom. The summed E-state index contributed by atoms with van der Waals surface area (Å²) in [6, 6.07) is 10.9. The molecule has 1 aliphatic rings. The molecule has 0 saturated carbocycles. The Hall–Kier alpha value is -2.40. The first-order valence-corrected chi connectivity index (χ1v) is 6.75. The van der Waals surface area contributed by atoms with E-state index in [2.05, 4.69) is 12.6 Å². The van der Waals surface area contributed by atoms with E-state index in [9.17, 15) is 14.4 Å². The molecule has 0 radical (unpaired) electrons. The van der Waals surface area contributed by atoms with Crippen LogP contribution in [-0.4, -0.2) is 27.9 Å². The molecule has 21 heavy (non-hydrogen) atoms. The minimum absolute atomic E-state index is 0.0985. The lowest BCUT2D eigenvalue weighted by molar-refractivity contribution is -0.136. The van der Waals surface area contributed by atoms with Gasteiger partial charge in [0.05, 0.1) is 0 Å². The number of carbonyl (C=O) groups excluding carboxylic acids is 2. The van der Waals surface area contributed by atoms with Crippen molar-refractivity contribution in [3.05, 3.63) is 53.1 Å². The summed E-state index contributed by atoms with van der Waals surface area (Å²) < 4.78 is 0. The zero-order valence-electron chi connectivity index (χ0n) is 10.7. The van der Waals surface area contributed by atoms with Gasteiger partial charge < -0.3 is 5.11 Å². The molecule has 0 heterocycles. The smallest absolute Gasteiger partial charge is 0.321 e. The SMILES string of the molecule is O=C1C(=O)c2cc3ccccc3cc2C=C1C(S)C(=O)O. The summed E-state index contributed by atoms with van der Waals surface area (Å²) in [5.41, 5.74) is 0.751. The van der Waals surface area contributed by atoms with Crippen molar-refractivity contribution in [3.63, 3.8) is 0 Å². The van der Waals surface area contributed by atoms with Crippen molar-refractivity contribution in [1.82, 2.24) is 0 Å². The number of hydrogen-bond acceptors (Lipinski definition) is 4. The number of carbonyl (C=O) groups is 3. The number of aliphatic carboxylic acids is 1. The predicted molar refractivity (Wildman–Crippen MR) is 81.7 cm³/mol. The van der Waals surface area contributed by atoms with Crippen LogP contribution in [0.5, 0.6) is 0 Å². The van der Waals surface area contributed by atoms with E-state index in [1.165, 1.54) is 6.08 Å². The highest BCUT2D eigenvalue weighted by Gasteiger charge is 2.33. The summed E-state index contributed by atoms with van der Waals surface area (Å²) >= 11 is 3.89. The van der Waals surface area contributed by atoms with Crippen molar-refractivity contribution in [2.75, 3.05) is 0 Å². The van der Waals surface area contributed by atoms with Crippen LogP contribution >= 0.6 is 12.6 Å². The number of thiol groups is 1. The minimum Gasteiger partial charge on any atom is -0.480 e. The van der Waals surface area contributed by atoms with Crippen molar-refractivity contribution in [2.24, 2.45) is 0 Å². The Morgan fingerprint density at radius 2 is 1.67 bits per heavy atom. The largest absolute Gasteiger partial charge is 0.480 e. The molecule has 1 unspecified atom stereocenters. The van der Waals surface area contributed by atoms with Gasteiger partial charge in [-0.05, 0) is 34.5 Å². The number of hydrogen-bond donors (Lipinski definition) is 2. The second-order valence-electron chi connectivity index (χ2n) is 4.79. The van der Waals surface area contributed by atoms with Gasteiger partial charge in [-0.3, -0.25) is 14.4 Å². The van der Waals surface area contributed by atoms with Gasteiger partial charge in [-0.25, -0.2) is 0 Å². The maximum Gasteiger partial charge on any atom is 0.321 e. The average molecular weight is 298 g/mol. The minimum atomic E-state index is -1.30. The number of rotatable bonds is 2. The molecule has 1 atom stereocenters. The highest BCUT2D eigenvalue weighted by atomic mass is 32.1. The van der Waals surface area contributed by atoms with Crippen molar-refractivity contribution in [3.8, 4) is 0 Å². The zero-order chi connectivity index (χ0) is 15.1. The summed E-state index contributed by atoms with van der Waals surface area (Å²) in [4.78, 5) is 35.2. The van der Waals surface area contributed by atoms with Crippen LogP contribution < -0.4 is 0 Å². The van der Waals surface area contributed by atoms with Crippen LogP contribution in [0.4, 0.5) is 0 Å². The van der Waals surface area contributed by atoms with Crippen molar-refractivity contribution in [2.45, 2.75) is 5.25 Å². The van der Waals surface area contributed by atoms with Crippen molar-refractivity contribution in [1.29, 1.82) is 0 Å². The normalized spacial score (nSPS) is 15.6. The molecule has 0 aliphatic heterocycles. The van der Waals surface area contributed by atoms with Crippen molar-refractivity contribution < 1.29 is 19.5 Å². The monoisotopic (exact) mass is 298 g/mol. The molecule has 0 bridgehead atoms. The first-order chi connectivity index (χ1) is 9.99. The fourth-order valence-corrected chi connectivity index (χ4v) is 2.59. The molecular formula is C16H10O4S. The van der Waals surface area contributed by atoms with Crippen LogP contribution in [0.3, 0.4) is 0 Å². The van der Waals surface area contributed by atoms with Gasteiger partial charge in [0, 0.05) is 11.1 Å². The highest BCUT2D eigenvalue weighted by Crippen LogP contribution is 2.29. The average Bonchev–Trinajstić information content (AvgIpc) is 2.48. The summed E-state index contributed by atoms with van der Waals surface area (Å²) in [5, 5.41) is 9.45. The summed E-state index contributed by atoms with van der Waals surface area (Å²) in [7, 11) is 0. The maximum absolute atomic E-state index is 12.2. The second kappa shape index (κ2) is 4.86. The van der Waals surface area contributed by atoms with Gasteiger partial charge in [0.15, 0.2) is 0 Å². The second-order valence-corrected chi connectivity index (χ2v) is 5.30. The Morgan fingerprint density at radius 1 is 1.05 bits per heavy atom. The highest BCUT2D eigenvalue weighted by molar-refractivity contribution is 7.82. The zero-order valence-corrected chi connectivity index (χ0v) is 11.6. The molecule has 3 rings (SSSR count). The van der Waals surface area contributed by atoms with E-state index in [0.717, 1.165) is 10.8 Å². The van der Waals surface area contributed by atoms with E-state index < -0.39 is 22.8 Å².